The molecule has 1 aliphatic heterocycles. The van der Waals surface area contributed by atoms with Crippen molar-refractivity contribution in [2.24, 2.45) is 0 Å². The number of likely N-dealkylation sites (tertiary alicyclic amines) is 1. The number of rotatable bonds is 3. The fourth-order valence-electron chi connectivity index (χ4n) is 2.98. The summed E-state index contributed by atoms with van der Waals surface area (Å²) in [5.41, 5.74) is 2.81. The minimum Gasteiger partial charge on any atom is -0.337 e. The van der Waals surface area contributed by atoms with Crippen molar-refractivity contribution in [3.05, 3.63) is 83.1 Å². The number of hydrogen-bond acceptors (Lipinski definition) is 2. The first-order valence-corrected chi connectivity index (χ1v) is 8.23. The van der Waals surface area contributed by atoms with Crippen LogP contribution in [0.4, 0.5) is 0 Å². The standard InChI is InChI=1S/C19H16ClN3O/c20-17-7-5-14(6-8-17)16-12-22(13-16)19(24)15-3-1-4-18(11-15)23-10-2-9-21-23/h1-11,16H,12-13H2. The van der Waals surface area contributed by atoms with Gasteiger partial charge in [0.25, 0.3) is 5.91 Å². The van der Waals surface area contributed by atoms with Crippen LogP contribution in [0.2, 0.25) is 5.02 Å². The molecule has 120 valence electrons. The molecule has 3 aromatic rings. The van der Waals surface area contributed by atoms with Crippen LogP contribution in [-0.4, -0.2) is 33.7 Å². The van der Waals surface area contributed by atoms with Gasteiger partial charge in [-0.15, -0.1) is 0 Å². The number of amides is 1. The van der Waals surface area contributed by atoms with Gasteiger partial charge in [0.1, 0.15) is 0 Å². The van der Waals surface area contributed by atoms with Gasteiger partial charge in [-0.1, -0.05) is 29.8 Å². The number of carbonyl (C=O) groups is 1. The van der Waals surface area contributed by atoms with Gasteiger partial charge in [0.15, 0.2) is 0 Å². The molecule has 1 fully saturated rings. The van der Waals surface area contributed by atoms with Gasteiger partial charge in [-0.25, -0.2) is 4.68 Å². The van der Waals surface area contributed by atoms with E-state index in [9.17, 15) is 4.79 Å². The second-order valence-electron chi connectivity index (χ2n) is 5.96. The van der Waals surface area contributed by atoms with Crippen molar-refractivity contribution in [1.29, 1.82) is 0 Å². The summed E-state index contributed by atoms with van der Waals surface area (Å²) in [6, 6.07) is 17.3. The number of benzene rings is 2. The van der Waals surface area contributed by atoms with Crippen molar-refractivity contribution >= 4 is 17.5 Å². The molecule has 4 rings (SSSR count). The Labute approximate surface area is 145 Å². The number of nitrogens with zero attached hydrogens (tertiary/aromatic N) is 3. The van der Waals surface area contributed by atoms with E-state index in [1.165, 1.54) is 5.56 Å². The van der Waals surface area contributed by atoms with Crippen LogP contribution in [0.1, 0.15) is 21.8 Å². The summed E-state index contributed by atoms with van der Waals surface area (Å²) in [4.78, 5) is 14.5. The summed E-state index contributed by atoms with van der Waals surface area (Å²) in [5, 5.41) is 4.94. The maximum Gasteiger partial charge on any atom is 0.253 e. The van der Waals surface area contributed by atoms with Gasteiger partial charge < -0.3 is 4.90 Å². The maximum absolute atomic E-state index is 12.7. The molecule has 24 heavy (non-hydrogen) atoms. The molecule has 0 unspecified atom stereocenters. The average Bonchev–Trinajstić information content (AvgIpc) is 3.10. The van der Waals surface area contributed by atoms with E-state index < -0.39 is 0 Å². The SMILES string of the molecule is O=C(c1cccc(-n2cccn2)c1)N1CC(c2ccc(Cl)cc2)C1. The first-order chi connectivity index (χ1) is 11.7. The normalized spacial score (nSPS) is 14.5. The second-order valence-corrected chi connectivity index (χ2v) is 6.40. The van der Waals surface area contributed by atoms with Crippen LogP contribution in [0.3, 0.4) is 0 Å². The summed E-state index contributed by atoms with van der Waals surface area (Å²) in [7, 11) is 0. The van der Waals surface area contributed by atoms with Crippen molar-refractivity contribution in [1.82, 2.24) is 14.7 Å². The minimum atomic E-state index is 0.0641. The lowest BCUT2D eigenvalue weighted by Crippen LogP contribution is -2.48. The Bertz CT molecular complexity index is 853. The Kier molecular flexibility index (Phi) is 3.82. The zero-order chi connectivity index (χ0) is 16.5. The summed E-state index contributed by atoms with van der Waals surface area (Å²) in [5.74, 6) is 0.453. The lowest BCUT2D eigenvalue weighted by molar-refractivity contribution is 0.0602. The van der Waals surface area contributed by atoms with E-state index in [0.29, 0.717) is 11.5 Å². The van der Waals surface area contributed by atoms with E-state index in [-0.39, 0.29) is 5.91 Å². The summed E-state index contributed by atoms with van der Waals surface area (Å²) >= 11 is 5.92. The fraction of sp³-hybridized carbons (Fsp3) is 0.158. The molecule has 0 spiro atoms. The van der Waals surface area contributed by atoms with E-state index in [0.717, 1.165) is 23.8 Å². The molecule has 1 saturated heterocycles. The molecule has 0 radical (unpaired) electrons. The van der Waals surface area contributed by atoms with Gasteiger partial charge in [-0.2, -0.15) is 5.10 Å². The van der Waals surface area contributed by atoms with Crippen molar-refractivity contribution < 1.29 is 4.79 Å². The molecule has 1 amide bonds. The topological polar surface area (TPSA) is 38.1 Å². The lowest BCUT2D eigenvalue weighted by Gasteiger charge is -2.39. The molecule has 2 heterocycles. The molecular formula is C19H16ClN3O. The number of hydrogen-bond donors (Lipinski definition) is 0. The molecule has 0 saturated carbocycles. The van der Waals surface area contributed by atoms with E-state index in [4.69, 9.17) is 11.6 Å². The van der Waals surface area contributed by atoms with Gasteiger partial charge in [0.2, 0.25) is 0 Å². The van der Waals surface area contributed by atoms with Gasteiger partial charge in [-0.3, -0.25) is 4.79 Å². The predicted molar refractivity (Wildman–Crippen MR) is 93.7 cm³/mol. The number of carbonyl (C=O) groups excluding carboxylic acids is 1. The van der Waals surface area contributed by atoms with Crippen LogP contribution in [0, 0.1) is 0 Å². The molecule has 0 N–H and O–H groups in total. The van der Waals surface area contributed by atoms with Crippen LogP contribution in [0.5, 0.6) is 0 Å². The maximum atomic E-state index is 12.7. The molecule has 1 aliphatic rings. The Morgan fingerprint density at radius 3 is 2.58 bits per heavy atom. The summed E-state index contributed by atoms with van der Waals surface area (Å²) < 4.78 is 1.75. The minimum absolute atomic E-state index is 0.0641. The Morgan fingerprint density at radius 2 is 1.88 bits per heavy atom. The van der Waals surface area contributed by atoms with Crippen LogP contribution in [-0.2, 0) is 0 Å². The zero-order valence-corrected chi connectivity index (χ0v) is 13.7. The van der Waals surface area contributed by atoms with E-state index >= 15 is 0 Å². The fourth-order valence-corrected chi connectivity index (χ4v) is 3.10. The van der Waals surface area contributed by atoms with Crippen LogP contribution < -0.4 is 0 Å². The van der Waals surface area contributed by atoms with Crippen molar-refractivity contribution in [2.45, 2.75) is 5.92 Å². The van der Waals surface area contributed by atoms with E-state index in [1.807, 2.05) is 65.7 Å². The van der Waals surface area contributed by atoms with Gasteiger partial charge in [0.05, 0.1) is 5.69 Å². The van der Waals surface area contributed by atoms with Crippen molar-refractivity contribution in [3.63, 3.8) is 0 Å². The Balaban J connectivity index is 1.46. The van der Waals surface area contributed by atoms with Gasteiger partial charge in [-0.05, 0) is 42.0 Å². The third-order valence-corrected chi connectivity index (χ3v) is 4.62. The van der Waals surface area contributed by atoms with Crippen LogP contribution in [0.25, 0.3) is 5.69 Å². The van der Waals surface area contributed by atoms with Crippen LogP contribution >= 0.6 is 11.6 Å². The monoisotopic (exact) mass is 337 g/mol. The highest BCUT2D eigenvalue weighted by atomic mass is 35.5. The van der Waals surface area contributed by atoms with Gasteiger partial charge in [0, 0.05) is 42.0 Å². The third kappa shape index (κ3) is 2.81. The van der Waals surface area contributed by atoms with Crippen molar-refractivity contribution in [3.8, 4) is 5.69 Å². The largest absolute Gasteiger partial charge is 0.337 e. The highest BCUT2D eigenvalue weighted by Gasteiger charge is 2.32. The van der Waals surface area contributed by atoms with E-state index in [1.54, 1.807) is 10.9 Å². The third-order valence-electron chi connectivity index (χ3n) is 4.37. The van der Waals surface area contributed by atoms with E-state index in [2.05, 4.69) is 5.10 Å². The Hall–Kier alpha value is -2.59. The molecule has 0 bridgehead atoms. The highest BCUT2D eigenvalue weighted by Crippen LogP contribution is 2.29. The predicted octanol–water partition coefficient (Wildman–Crippen LogP) is 3.77. The molecular weight excluding hydrogens is 322 g/mol. The number of halogens is 1. The second kappa shape index (κ2) is 6.13. The summed E-state index contributed by atoms with van der Waals surface area (Å²) in [6.45, 7) is 1.49. The molecule has 0 atom stereocenters. The molecule has 4 nitrogen and oxygen atoms in total. The smallest absolute Gasteiger partial charge is 0.253 e. The lowest BCUT2D eigenvalue weighted by atomic mass is 9.91. The molecule has 0 aliphatic carbocycles. The first kappa shape index (κ1) is 15.0. The Morgan fingerprint density at radius 1 is 1.08 bits per heavy atom. The molecule has 1 aromatic heterocycles. The molecule has 5 heteroatoms. The quantitative estimate of drug-likeness (QED) is 0.729. The zero-order valence-electron chi connectivity index (χ0n) is 13.0. The molecule has 2 aromatic carbocycles. The highest BCUT2D eigenvalue weighted by molar-refractivity contribution is 6.30. The van der Waals surface area contributed by atoms with Crippen LogP contribution in [0.15, 0.2) is 67.0 Å². The number of aromatic nitrogens is 2. The first-order valence-electron chi connectivity index (χ1n) is 7.85. The van der Waals surface area contributed by atoms with Crippen molar-refractivity contribution in [2.75, 3.05) is 13.1 Å². The van der Waals surface area contributed by atoms with Gasteiger partial charge >= 0.3 is 0 Å². The average molecular weight is 338 g/mol. The summed E-state index contributed by atoms with van der Waals surface area (Å²) in [6.07, 6.45) is 3.59.